The van der Waals surface area contributed by atoms with Crippen molar-refractivity contribution in [1.29, 1.82) is 0 Å². The van der Waals surface area contributed by atoms with Crippen molar-refractivity contribution >= 4 is 11.9 Å². The fraction of sp³-hybridized carbons (Fsp3) is 0.154. The molecule has 0 amide bonds. The first-order valence-electron chi connectivity index (χ1n) is 5.80. The average Bonchev–Trinajstić information content (AvgIpc) is 2.83. The smallest absolute Gasteiger partial charge is 0.364 e. The second-order valence-corrected chi connectivity index (χ2v) is 3.88. The molecule has 104 valence electrons. The maximum absolute atomic E-state index is 13.0. The summed E-state index contributed by atoms with van der Waals surface area (Å²) < 4.78 is 19.1. The molecule has 1 aromatic carbocycles. The first-order valence-corrected chi connectivity index (χ1v) is 5.80. The zero-order valence-electron chi connectivity index (χ0n) is 10.5. The molecule has 0 saturated carbocycles. The third-order valence-electron chi connectivity index (χ3n) is 2.51. The number of carboxylic acids is 1. The van der Waals surface area contributed by atoms with Gasteiger partial charge in [-0.15, -0.1) is 0 Å². The lowest BCUT2D eigenvalue weighted by atomic mass is 10.3. The van der Waals surface area contributed by atoms with Crippen LogP contribution in [-0.4, -0.2) is 26.8 Å². The molecule has 0 aliphatic rings. The molecule has 0 saturated heterocycles. The van der Waals surface area contributed by atoms with Crippen molar-refractivity contribution in [2.75, 3.05) is 0 Å². The summed E-state index contributed by atoms with van der Waals surface area (Å²) in [5, 5.41) is 12.8. The van der Waals surface area contributed by atoms with Crippen LogP contribution in [0.4, 0.5) is 4.39 Å². The van der Waals surface area contributed by atoms with Crippen molar-refractivity contribution in [3.8, 4) is 5.75 Å². The van der Waals surface area contributed by atoms with E-state index in [-0.39, 0.29) is 17.1 Å². The molecule has 0 fully saturated rings. The van der Waals surface area contributed by atoms with E-state index in [1.165, 1.54) is 22.9 Å². The SMILES string of the molecule is CCn1nc(C(=O)Oc2cccc(F)c2)cc1C(=O)O. The number of ether oxygens (including phenoxy) is 1. The zero-order valence-corrected chi connectivity index (χ0v) is 10.5. The summed E-state index contributed by atoms with van der Waals surface area (Å²) in [6.45, 7) is 2.00. The third kappa shape index (κ3) is 2.82. The van der Waals surface area contributed by atoms with Crippen LogP contribution in [0.5, 0.6) is 5.75 Å². The van der Waals surface area contributed by atoms with Crippen molar-refractivity contribution in [2.45, 2.75) is 13.5 Å². The van der Waals surface area contributed by atoms with Gasteiger partial charge in [0.1, 0.15) is 17.3 Å². The van der Waals surface area contributed by atoms with Crippen LogP contribution >= 0.6 is 0 Å². The molecule has 0 bridgehead atoms. The molecule has 2 aromatic rings. The van der Waals surface area contributed by atoms with Crippen molar-refractivity contribution in [1.82, 2.24) is 9.78 Å². The van der Waals surface area contributed by atoms with Gasteiger partial charge in [0.25, 0.3) is 0 Å². The van der Waals surface area contributed by atoms with Crippen LogP contribution in [0.15, 0.2) is 30.3 Å². The van der Waals surface area contributed by atoms with Gasteiger partial charge in [-0.05, 0) is 19.1 Å². The summed E-state index contributed by atoms with van der Waals surface area (Å²) in [6, 6.07) is 6.19. The molecule has 0 aliphatic carbocycles. The lowest BCUT2D eigenvalue weighted by Crippen LogP contribution is -2.11. The van der Waals surface area contributed by atoms with E-state index in [1.807, 2.05) is 0 Å². The van der Waals surface area contributed by atoms with E-state index in [4.69, 9.17) is 9.84 Å². The Morgan fingerprint density at radius 1 is 1.40 bits per heavy atom. The fourth-order valence-electron chi connectivity index (χ4n) is 1.62. The number of carboxylic acid groups (broad SMARTS) is 1. The zero-order chi connectivity index (χ0) is 14.7. The first-order chi connectivity index (χ1) is 9.51. The predicted octanol–water partition coefficient (Wildman–Crippen LogP) is 1.96. The summed E-state index contributed by atoms with van der Waals surface area (Å²) in [6.07, 6.45) is 0. The molecular formula is C13H11FN2O4. The number of esters is 1. The molecule has 1 aromatic heterocycles. The highest BCUT2D eigenvalue weighted by molar-refractivity contribution is 5.93. The predicted molar refractivity (Wildman–Crippen MR) is 66.2 cm³/mol. The summed E-state index contributed by atoms with van der Waals surface area (Å²) in [5.74, 6) is -2.55. The second-order valence-electron chi connectivity index (χ2n) is 3.88. The van der Waals surface area contributed by atoms with E-state index in [0.717, 1.165) is 12.1 Å². The maximum atomic E-state index is 13.0. The number of aromatic carboxylic acids is 1. The monoisotopic (exact) mass is 278 g/mol. The Bertz CT molecular complexity index is 666. The number of hydrogen-bond acceptors (Lipinski definition) is 4. The van der Waals surface area contributed by atoms with Gasteiger partial charge < -0.3 is 9.84 Å². The van der Waals surface area contributed by atoms with E-state index >= 15 is 0 Å². The number of halogens is 1. The summed E-state index contributed by atoms with van der Waals surface area (Å²) in [7, 11) is 0. The normalized spacial score (nSPS) is 10.3. The van der Waals surface area contributed by atoms with E-state index in [0.29, 0.717) is 6.54 Å². The van der Waals surface area contributed by atoms with Crippen LogP contribution in [0.25, 0.3) is 0 Å². The highest BCUT2D eigenvalue weighted by Gasteiger charge is 2.19. The maximum Gasteiger partial charge on any atom is 0.364 e. The number of aromatic nitrogens is 2. The minimum Gasteiger partial charge on any atom is -0.477 e. The Labute approximate surface area is 113 Å². The number of carbonyl (C=O) groups excluding carboxylic acids is 1. The Kier molecular flexibility index (Phi) is 3.79. The number of aryl methyl sites for hydroxylation is 1. The van der Waals surface area contributed by atoms with Gasteiger partial charge in [0.05, 0.1) is 0 Å². The molecule has 2 rings (SSSR count). The van der Waals surface area contributed by atoms with Crippen LogP contribution in [-0.2, 0) is 6.54 Å². The molecule has 20 heavy (non-hydrogen) atoms. The van der Waals surface area contributed by atoms with Crippen LogP contribution in [0, 0.1) is 5.82 Å². The van der Waals surface area contributed by atoms with Gasteiger partial charge in [0, 0.05) is 18.7 Å². The molecule has 1 heterocycles. The molecule has 0 atom stereocenters. The number of carbonyl (C=O) groups is 2. The molecule has 7 heteroatoms. The molecule has 0 aliphatic heterocycles. The van der Waals surface area contributed by atoms with Gasteiger partial charge in [-0.2, -0.15) is 5.10 Å². The van der Waals surface area contributed by atoms with Crippen LogP contribution in [0.1, 0.15) is 27.9 Å². The highest BCUT2D eigenvalue weighted by Crippen LogP contribution is 2.14. The molecule has 0 radical (unpaired) electrons. The van der Waals surface area contributed by atoms with Gasteiger partial charge in [0.15, 0.2) is 5.69 Å². The number of hydrogen-bond donors (Lipinski definition) is 1. The highest BCUT2D eigenvalue weighted by atomic mass is 19.1. The van der Waals surface area contributed by atoms with E-state index < -0.39 is 17.8 Å². The number of benzene rings is 1. The molecule has 1 N–H and O–H groups in total. The molecule has 6 nitrogen and oxygen atoms in total. The van der Waals surface area contributed by atoms with E-state index in [1.54, 1.807) is 6.92 Å². The summed E-state index contributed by atoms with van der Waals surface area (Å²) in [4.78, 5) is 22.8. The minimum absolute atomic E-state index is 0.0259. The average molecular weight is 278 g/mol. The van der Waals surface area contributed by atoms with Gasteiger partial charge in [-0.25, -0.2) is 14.0 Å². The Morgan fingerprint density at radius 3 is 2.70 bits per heavy atom. The van der Waals surface area contributed by atoms with Crippen LogP contribution in [0.3, 0.4) is 0 Å². The van der Waals surface area contributed by atoms with Crippen molar-refractivity contribution in [3.05, 3.63) is 47.5 Å². The Hall–Kier alpha value is -2.70. The summed E-state index contributed by atoms with van der Waals surface area (Å²) >= 11 is 0. The fourth-order valence-corrected chi connectivity index (χ4v) is 1.62. The van der Waals surface area contributed by atoms with E-state index in [9.17, 15) is 14.0 Å². The van der Waals surface area contributed by atoms with Crippen molar-refractivity contribution < 1.29 is 23.8 Å². The minimum atomic E-state index is -1.19. The van der Waals surface area contributed by atoms with Gasteiger partial charge >= 0.3 is 11.9 Å². The van der Waals surface area contributed by atoms with Gasteiger partial charge in [-0.1, -0.05) is 6.07 Å². The van der Waals surface area contributed by atoms with E-state index in [2.05, 4.69) is 5.10 Å². The quantitative estimate of drug-likeness (QED) is 0.683. The standard InChI is InChI=1S/C13H11FN2O4/c1-2-16-11(12(17)18)7-10(15-16)13(19)20-9-5-3-4-8(14)6-9/h3-7H,2H2,1H3,(H,17,18). The van der Waals surface area contributed by atoms with Crippen molar-refractivity contribution in [2.24, 2.45) is 0 Å². The molecule has 0 unspecified atom stereocenters. The van der Waals surface area contributed by atoms with Gasteiger partial charge in [-0.3, -0.25) is 4.68 Å². The Balaban J connectivity index is 2.23. The second kappa shape index (κ2) is 5.52. The van der Waals surface area contributed by atoms with Crippen LogP contribution in [0.2, 0.25) is 0 Å². The first kappa shape index (κ1) is 13.7. The lowest BCUT2D eigenvalue weighted by Gasteiger charge is -2.01. The Morgan fingerprint density at radius 2 is 2.15 bits per heavy atom. The largest absolute Gasteiger partial charge is 0.477 e. The van der Waals surface area contributed by atoms with Crippen LogP contribution < -0.4 is 4.74 Å². The number of rotatable bonds is 4. The van der Waals surface area contributed by atoms with Crippen molar-refractivity contribution in [3.63, 3.8) is 0 Å². The van der Waals surface area contributed by atoms with Gasteiger partial charge in [0.2, 0.25) is 0 Å². The molecule has 0 spiro atoms. The third-order valence-corrected chi connectivity index (χ3v) is 2.51. The lowest BCUT2D eigenvalue weighted by molar-refractivity contribution is 0.0681. The number of nitrogens with zero attached hydrogens (tertiary/aromatic N) is 2. The topological polar surface area (TPSA) is 81.4 Å². The summed E-state index contributed by atoms with van der Waals surface area (Å²) in [5.41, 5.74) is -0.257. The molecular weight excluding hydrogens is 267 g/mol.